The predicted octanol–water partition coefficient (Wildman–Crippen LogP) is 2.19. The van der Waals surface area contributed by atoms with E-state index >= 15 is 0 Å². The van der Waals surface area contributed by atoms with Gasteiger partial charge in [0.1, 0.15) is 24.3 Å². The van der Waals surface area contributed by atoms with Crippen molar-refractivity contribution in [2.24, 2.45) is 0 Å². The molecule has 1 fully saturated rings. The standard InChI is InChI=1S/C12H15ClFNO2/c1-15-4-5-16-10(7-15)8-17-9-2-3-11(13)12(14)6-9/h2-3,6,10H,4-5,7-8H2,1H3. The van der Waals surface area contributed by atoms with Crippen LogP contribution in [0.5, 0.6) is 5.75 Å². The van der Waals surface area contributed by atoms with Gasteiger partial charge in [0.25, 0.3) is 0 Å². The second-order valence-electron chi connectivity index (χ2n) is 4.14. The molecule has 3 nitrogen and oxygen atoms in total. The van der Waals surface area contributed by atoms with E-state index in [4.69, 9.17) is 21.1 Å². The average molecular weight is 260 g/mol. The minimum Gasteiger partial charge on any atom is -0.491 e. The van der Waals surface area contributed by atoms with Gasteiger partial charge in [0, 0.05) is 19.2 Å². The van der Waals surface area contributed by atoms with Crippen LogP contribution >= 0.6 is 11.6 Å². The molecule has 1 aromatic carbocycles. The smallest absolute Gasteiger partial charge is 0.145 e. The Morgan fingerprint density at radius 1 is 1.59 bits per heavy atom. The van der Waals surface area contributed by atoms with E-state index in [1.165, 1.54) is 12.1 Å². The van der Waals surface area contributed by atoms with Crippen LogP contribution in [0.4, 0.5) is 4.39 Å². The molecule has 5 heteroatoms. The van der Waals surface area contributed by atoms with Crippen molar-refractivity contribution in [2.45, 2.75) is 6.10 Å². The first kappa shape index (κ1) is 12.6. The summed E-state index contributed by atoms with van der Waals surface area (Å²) in [7, 11) is 2.04. The molecule has 1 heterocycles. The normalized spacial score (nSPS) is 21.5. The van der Waals surface area contributed by atoms with Crippen LogP contribution in [0.3, 0.4) is 0 Å². The molecule has 2 rings (SSSR count). The van der Waals surface area contributed by atoms with Gasteiger partial charge in [-0.15, -0.1) is 0 Å². The molecule has 94 valence electrons. The lowest BCUT2D eigenvalue weighted by molar-refractivity contribution is -0.0403. The van der Waals surface area contributed by atoms with Crippen molar-refractivity contribution >= 4 is 11.6 Å². The highest BCUT2D eigenvalue weighted by Gasteiger charge is 2.18. The monoisotopic (exact) mass is 259 g/mol. The number of hydrogen-bond donors (Lipinski definition) is 0. The number of benzene rings is 1. The van der Waals surface area contributed by atoms with Crippen LogP contribution in [0.25, 0.3) is 0 Å². The molecule has 0 N–H and O–H groups in total. The van der Waals surface area contributed by atoms with E-state index < -0.39 is 5.82 Å². The Morgan fingerprint density at radius 2 is 2.41 bits per heavy atom. The minimum absolute atomic E-state index is 0.0347. The first-order chi connectivity index (χ1) is 8.15. The average Bonchev–Trinajstić information content (AvgIpc) is 2.31. The molecule has 1 aliphatic rings. The molecular formula is C12H15ClFNO2. The maximum atomic E-state index is 13.2. The Labute approximate surface area is 105 Å². The molecule has 1 aliphatic heterocycles. The Bertz CT molecular complexity index is 389. The fourth-order valence-corrected chi connectivity index (χ4v) is 1.84. The minimum atomic E-state index is -0.467. The van der Waals surface area contributed by atoms with Crippen molar-refractivity contribution in [1.82, 2.24) is 4.90 Å². The molecular weight excluding hydrogens is 245 g/mol. The summed E-state index contributed by atoms with van der Waals surface area (Å²) in [5, 5.41) is 0.103. The summed E-state index contributed by atoms with van der Waals surface area (Å²) in [6.45, 7) is 2.90. The van der Waals surface area contributed by atoms with E-state index in [-0.39, 0.29) is 11.1 Å². The van der Waals surface area contributed by atoms with Crippen LogP contribution in [0.2, 0.25) is 5.02 Å². The molecule has 0 bridgehead atoms. The molecule has 0 aromatic heterocycles. The molecule has 1 atom stereocenters. The summed E-state index contributed by atoms with van der Waals surface area (Å²) < 4.78 is 24.2. The molecule has 0 spiro atoms. The number of rotatable bonds is 3. The van der Waals surface area contributed by atoms with E-state index in [1.807, 2.05) is 7.05 Å². The zero-order chi connectivity index (χ0) is 12.3. The summed E-state index contributed by atoms with van der Waals surface area (Å²) in [5.41, 5.74) is 0. The summed E-state index contributed by atoms with van der Waals surface area (Å²) in [5.74, 6) is 0.00886. The molecule has 17 heavy (non-hydrogen) atoms. The van der Waals surface area contributed by atoms with Crippen molar-refractivity contribution in [1.29, 1.82) is 0 Å². The maximum absolute atomic E-state index is 13.2. The molecule has 1 unspecified atom stereocenters. The van der Waals surface area contributed by atoms with Crippen LogP contribution in [-0.2, 0) is 4.74 Å². The van der Waals surface area contributed by atoms with Gasteiger partial charge in [-0.2, -0.15) is 0 Å². The maximum Gasteiger partial charge on any atom is 0.145 e. The van der Waals surface area contributed by atoms with Crippen molar-refractivity contribution in [3.8, 4) is 5.75 Å². The topological polar surface area (TPSA) is 21.7 Å². The second-order valence-corrected chi connectivity index (χ2v) is 4.55. The Morgan fingerprint density at radius 3 is 3.12 bits per heavy atom. The molecule has 0 aliphatic carbocycles. The third-order valence-electron chi connectivity index (χ3n) is 2.67. The van der Waals surface area contributed by atoms with Crippen LogP contribution in [0.15, 0.2) is 18.2 Å². The lowest BCUT2D eigenvalue weighted by Crippen LogP contribution is -2.42. The lowest BCUT2D eigenvalue weighted by atomic mass is 10.3. The number of nitrogens with zero attached hydrogens (tertiary/aromatic N) is 1. The van der Waals surface area contributed by atoms with Crippen LogP contribution < -0.4 is 4.74 Å². The van der Waals surface area contributed by atoms with Gasteiger partial charge in [0.2, 0.25) is 0 Å². The predicted molar refractivity (Wildman–Crippen MR) is 64.1 cm³/mol. The van der Waals surface area contributed by atoms with Gasteiger partial charge < -0.3 is 14.4 Å². The zero-order valence-electron chi connectivity index (χ0n) is 9.66. The first-order valence-electron chi connectivity index (χ1n) is 5.53. The Kier molecular flexibility index (Phi) is 4.20. The molecule has 1 aromatic rings. The van der Waals surface area contributed by atoms with Crippen molar-refractivity contribution in [3.05, 3.63) is 29.0 Å². The van der Waals surface area contributed by atoms with Gasteiger partial charge in [-0.05, 0) is 19.2 Å². The summed E-state index contributed by atoms with van der Waals surface area (Å²) in [6.07, 6.45) is 0.0347. The van der Waals surface area contributed by atoms with Crippen LogP contribution in [0, 0.1) is 5.82 Å². The first-order valence-corrected chi connectivity index (χ1v) is 5.91. The van der Waals surface area contributed by atoms with E-state index in [1.54, 1.807) is 6.07 Å². The lowest BCUT2D eigenvalue weighted by Gasteiger charge is -2.29. The fourth-order valence-electron chi connectivity index (χ4n) is 1.72. The zero-order valence-corrected chi connectivity index (χ0v) is 10.4. The second kappa shape index (κ2) is 5.67. The SMILES string of the molecule is CN1CCOC(COc2ccc(Cl)c(F)c2)C1. The molecule has 0 saturated carbocycles. The van der Waals surface area contributed by atoms with Gasteiger partial charge in [-0.25, -0.2) is 4.39 Å². The molecule has 0 radical (unpaired) electrons. The van der Waals surface area contributed by atoms with Crippen molar-refractivity contribution in [3.63, 3.8) is 0 Å². The number of likely N-dealkylation sites (N-methyl/N-ethyl adjacent to an activating group) is 1. The highest BCUT2D eigenvalue weighted by atomic mass is 35.5. The number of morpholine rings is 1. The van der Waals surface area contributed by atoms with Gasteiger partial charge in [0.15, 0.2) is 0 Å². The number of ether oxygens (including phenoxy) is 2. The highest BCUT2D eigenvalue weighted by molar-refractivity contribution is 6.30. The third kappa shape index (κ3) is 3.56. The molecule has 0 amide bonds. The third-order valence-corrected chi connectivity index (χ3v) is 2.98. The van der Waals surface area contributed by atoms with E-state index in [9.17, 15) is 4.39 Å². The van der Waals surface area contributed by atoms with E-state index in [0.717, 1.165) is 13.1 Å². The Hall–Kier alpha value is -0.840. The molecule has 1 saturated heterocycles. The highest BCUT2D eigenvalue weighted by Crippen LogP contribution is 2.20. The number of hydrogen-bond acceptors (Lipinski definition) is 3. The quantitative estimate of drug-likeness (QED) is 0.831. The largest absolute Gasteiger partial charge is 0.491 e. The van der Waals surface area contributed by atoms with Crippen LogP contribution in [-0.4, -0.2) is 44.4 Å². The van der Waals surface area contributed by atoms with Gasteiger partial charge in [0.05, 0.1) is 11.6 Å². The summed E-state index contributed by atoms with van der Waals surface area (Å²) >= 11 is 5.59. The fraction of sp³-hybridized carbons (Fsp3) is 0.500. The summed E-state index contributed by atoms with van der Waals surface area (Å²) in [4.78, 5) is 2.18. The van der Waals surface area contributed by atoms with Crippen molar-refractivity contribution in [2.75, 3.05) is 33.4 Å². The van der Waals surface area contributed by atoms with Gasteiger partial charge in [-0.1, -0.05) is 11.6 Å². The van der Waals surface area contributed by atoms with E-state index in [0.29, 0.717) is 19.0 Å². The summed E-state index contributed by atoms with van der Waals surface area (Å²) in [6, 6.07) is 4.42. The van der Waals surface area contributed by atoms with E-state index in [2.05, 4.69) is 4.90 Å². The van der Waals surface area contributed by atoms with Crippen LogP contribution in [0.1, 0.15) is 0 Å². The number of halogens is 2. The van der Waals surface area contributed by atoms with Gasteiger partial charge >= 0.3 is 0 Å². The van der Waals surface area contributed by atoms with Gasteiger partial charge in [-0.3, -0.25) is 0 Å². The van der Waals surface area contributed by atoms with Crippen molar-refractivity contribution < 1.29 is 13.9 Å². The Balaban J connectivity index is 1.86.